The van der Waals surface area contributed by atoms with Crippen molar-refractivity contribution in [2.45, 2.75) is 38.9 Å². The van der Waals surface area contributed by atoms with Gasteiger partial charge in [-0.3, -0.25) is 4.79 Å². The van der Waals surface area contributed by atoms with Gasteiger partial charge < -0.3 is 19.7 Å². The molecule has 94 valence electrons. The van der Waals surface area contributed by atoms with Crippen molar-refractivity contribution in [3.05, 3.63) is 0 Å². The van der Waals surface area contributed by atoms with E-state index in [4.69, 9.17) is 14.9 Å². The van der Waals surface area contributed by atoms with Crippen LogP contribution in [-0.2, 0) is 19.1 Å². The fourth-order valence-corrected chi connectivity index (χ4v) is 0.684. The molecule has 1 aliphatic rings. The van der Waals surface area contributed by atoms with E-state index in [0.29, 0.717) is 6.61 Å². The molecule has 0 amide bonds. The number of epoxide rings is 1. The van der Waals surface area contributed by atoms with Crippen LogP contribution < -0.4 is 0 Å². The molecule has 0 aliphatic carbocycles. The Hall–Kier alpha value is -1.14. The first-order valence-electron chi connectivity index (χ1n) is 5.19. The van der Waals surface area contributed by atoms with Gasteiger partial charge >= 0.3 is 11.9 Å². The van der Waals surface area contributed by atoms with Gasteiger partial charge in [-0.05, 0) is 0 Å². The summed E-state index contributed by atoms with van der Waals surface area (Å²) in [5, 5.41) is 17.2. The number of aliphatic hydroxyl groups excluding tert-OH is 1. The summed E-state index contributed by atoms with van der Waals surface area (Å²) >= 11 is 0. The minimum atomic E-state index is -1.59. The highest BCUT2D eigenvalue weighted by atomic mass is 16.6. The second-order valence-electron chi connectivity index (χ2n) is 3.41. The van der Waals surface area contributed by atoms with Crippen LogP contribution in [0, 0.1) is 0 Å². The van der Waals surface area contributed by atoms with Crippen molar-refractivity contribution in [2.75, 3.05) is 13.2 Å². The SMILES string of the molecule is CCC.O=C(O)CC(O)C(=O)OCC1CO1. The summed E-state index contributed by atoms with van der Waals surface area (Å²) in [5.74, 6) is -2.16. The van der Waals surface area contributed by atoms with Crippen LogP contribution >= 0.6 is 0 Å². The van der Waals surface area contributed by atoms with Crippen LogP contribution in [0.1, 0.15) is 26.7 Å². The van der Waals surface area contributed by atoms with Crippen LogP contribution in [0.2, 0.25) is 0 Å². The Morgan fingerprint density at radius 3 is 2.38 bits per heavy atom. The van der Waals surface area contributed by atoms with Gasteiger partial charge in [0.1, 0.15) is 12.7 Å². The molecule has 1 rings (SSSR count). The summed E-state index contributed by atoms with van der Waals surface area (Å²) in [4.78, 5) is 20.9. The lowest BCUT2D eigenvalue weighted by Crippen LogP contribution is -2.27. The number of carboxylic acid groups (broad SMARTS) is 1. The fourth-order valence-electron chi connectivity index (χ4n) is 0.684. The number of carbonyl (C=O) groups is 2. The van der Waals surface area contributed by atoms with Gasteiger partial charge in [-0.25, -0.2) is 4.79 Å². The lowest BCUT2D eigenvalue weighted by Gasteiger charge is -2.06. The molecule has 6 heteroatoms. The summed E-state index contributed by atoms with van der Waals surface area (Å²) in [6.45, 7) is 4.87. The van der Waals surface area contributed by atoms with E-state index in [1.807, 2.05) is 0 Å². The quantitative estimate of drug-likeness (QED) is 0.520. The Bertz CT molecular complexity index is 223. The Labute approximate surface area is 94.2 Å². The third-order valence-electron chi connectivity index (χ3n) is 1.45. The molecule has 2 unspecified atom stereocenters. The number of rotatable bonds is 5. The van der Waals surface area contributed by atoms with Crippen LogP contribution in [0.25, 0.3) is 0 Å². The maximum Gasteiger partial charge on any atom is 0.335 e. The molecule has 0 spiro atoms. The summed E-state index contributed by atoms with van der Waals surface area (Å²) in [7, 11) is 0. The molecule has 6 nitrogen and oxygen atoms in total. The molecule has 0 bridgehead atoms. The van der Waals surface area contributed by atoms with Crippen molar-refractivity contribution < 1.29 is 29.3 Å². The highest BCUT2D eigenvalue weighted by Crippen LogP contribution is 2.09. The van der Waals surface area contributed by atoms with Crippen molar-refractivity contribution in [1.82, 2.24) is 0 Å². The lowest BCUT2D eigenvalue weighted by atomic mass is 10.2. The number of ether oxygens (including phenoxy) is 2. The highest BCUT2D eigenvalue weighted by molar-refractivity contribution is 5.80. The second-order valence-corrected chi connectivity index (χ2v) is 3.41. The standard InChI is InChI=1S/C7H10O6.C3H8/c8-5(1-6(9)10)7(11)13-3-4-2-12-4;1-3-2/h4-5,8H,1-3H2,(H,9,10);3H2,1-2H3. The van der Waals surface area contributed by atoms with Gasteiger partial charge in [0.15, 0.2) is 6.10 Å². The smallest absolute Gasteiger partial charge is 0.335 e. The molecule has 16 heavy (non-hydrogen) atoms. The number of hydrogen-bond acceptors (Lipinski definition) is 5. The van der Waals surface area contributed by atoms with E-state index < -0.39 is 24.5 Å². The van der Waals surface area contributed by atoms with Crippen molar-refractivity contribution in [1.29, 1.82) is 0 Å². The number of carboxylic acids is 1. The summed E-state index contributed by atoms with van der Waals surface area (Å²) in [5.41, 5.74) is 0. The van der Waals surface area contributed by atoms with E-state index in [1.54, 1.807) is 0 Å². The molecule has 1 saturated heterocycles. The molecule has 1 heterocycles. The van der Waals surface area contributed by atoms with Gasteiger partial charge in [0.25, 0.3) is 0 Å². The van der Waals surface area contributed by atoms with E-state index in [1.165, 1.54) is 6.42 Å². The highest BCUT2D eigenvalue weighted by Gasteiger charge is 2.27. The third-order valence-corrected chi connectivity index (χ3v) is 1.45. The summed E-state index contributed by atoms with van der Waals surface area (Å²) in [6.07, 6.45) is -1.05. The first-order chi connectivity index (χ1) is 7.51. The molecule has 2 N–H and O–H groups in total. The van der Waals surface area contributed by atoms with Gasteiger partial charge in [0.2, 0.25) is 0 Å². The minimum absolute atomic E-state index is 0.0789. The molecule has 0 aromatic carbocycles. The monoisotopic (exact) mass is 234 g/mol. The average Bonchev–Trinajstić information content (AvgIpc) is 2.97. The zero-order valence-electron chi connectivity index (χ0n) is 9.51. The van der Waals surface area contributed by atoms with Gasteiger partial charge in [-0.2, -0.15) is 0 Å². The van der Waals surface area contributed by atoms with Crippen molar-refractivity contribution in [3.63, 3.8) is 0 Å². The normalized spacial score (nSPS) is 19.1. The molecule has 0 saturated carbocycles. The summed E-state index contributed by atoms with van der Waals surface area (Å²) in [6, 6.07) is 0. The van der Waals surface area contributed by atoms with Crippen molar-refractivity contribution in [3.8, 4) is 0 Å². The second kappa shape index (κ2) is 8.06. The average molecular weight is 234 g/mol. The molecule has 0 radical (unpaired) electrons. The van der Waals surface area contributed by atoms with E-state index >= 15 is 0 Å². The fraction of sp³-hybridized carbons (Fsp3) is 0.800. The number of aliphatic hydroxyl groups is 1. The predicted octanol–water partition coefficient (Wildman–Crippen LogP) is 0.180. The predicted molar refractivity (Wildman–Crippen MR) is 54.9 cm³/mol. The third kappa shape index (κ3) is 8.19. The van der Waals surface area contributed by atoms with Gasteiger partial charge in [-0.15, -0.1) is 0 Å². The number of aliphatic carboxylic acids is 1. The van der Waals surface area contributed by atoms with Crippen LogP contribution in [0.4, 0.5) is 0 Å². The van der Waals surface area contributed by atoms with Crippen LogP contribution in [0.3, 0.4) is 0 Å². The van der Waals surface area contributed by atoms with E-state index in [0.717, 1.165) is 0 Å². The largest absolute Gasteiger partial charge is 0.481 e. The maximum absolute atomic E-state index is 10.8. The zero-order valence-corrected chi connectivity index (χ0v) is 9.51. The minimum Gasteiger partial charge on any atom is -0.481 e. The Morgan fingerprint density at radius 2 is 2.00 bits per heavy atom. The molecular weight excluding hydrogens is 216 g/mol. The Balaban J connectivity index is 0.000000673. The Morgan fingerprint density at radius 1 is 1.50 bits per heavy atom. The first kappa shape index (κ1) is 14.9. The van der Waals surface area contributed by atoms with Crippen LogP contribution in [-0.4, -0.2) is 47.6 Å². The van der Waals surface area contributed by atoms with Crippen molar-refractivity contribution in [2.24, 2.45) is 0 Å². The molecule has 2 atom stereocenters. The van der Waals surface area contributed by atoms with E-state index in [-0.39, 0.29) is 12.7 Å². The first-order valence-corrected chi connectivity index (χ1v) is 5.19. The molecule has 0 aromatic rings. The molecule has 1 fully saturated rings. The molecular formula is C10H18O6. The topological polar surface area (TPSA) is 96.4 Å². The summed E-state index contributed by atoms with van der Waals surface area (Å²) < 4.78 is 9.30. The number of esters is 1. The number of hydrogen-bond donors (Lipinski definition) is 2. The zero-order chi connectivity index (χ0) is 12.6. The van der Waals surface area contributed by atoms with Gasteiger partial charge in [-0.1, -0.05) is 20.3 Å². The molecule has 1 aliphatic heterocycles. The lowest BCUT2D eigenvalue weighted by molar-refractivity contribution is -0.158. The maximum atomic E-state index is 10.8. The van der Waals surface area contributed by atoms with E-state index in [9.17, 15) is 9.59 Å². The molecule has 0 aromatic heterocycles. The Kier molecular flexibility index (Phi) is 7.49. The van der Waals surface area contributed by atoms with Crippen LogP contribution in [0.15, 0.2) is 0 Å². The van der Waals surface area contributed by atoms with Crippen LogP contribution in [0.5, 0.6) is 0 Å². The van der Waals surface area contributed by atoms with Gasteiger partial charge in [0.05, 0.1) is 13.0 Å². The number of carbonyl (C=O) groups excluding carboxylic acids is 1. The van der Waals surface area contributed by atoms with Crippen molar-refractivity contribution >= 4 is 11.9 Å². The van der Waals surface area contributed by atoms with Gasteiger partial charge in [0, 0.05) is 0 Å². The van der Waals surface area contributed by atoms with E-state index in [2.05, 4.69) is 18.6 Å².